The number of hydrogen-bond donors (Lipinski definition) is 2. The van der Waals surface area contributed by atoms with E-state index < -0.39 is 6.10 Å². The van der Waals surface area contributed by atoms with E-state index in [0.29, 0.717) is 18.7 Å². The Labute approximate surface area is 182 Å². The van der Waals surface area contributed by atoms with Crippen molar-refractivity contribution in [2.75, 3.05) is 27.4 Å². The Morgan fingerprint density at radius 1 is 0.839 bits per heavy atom. The van der Waals surface area contributed by atoms with Crippen LogP contribution < -0.4 is 14.8 Å². The quantitative estimate of drug-likeness (QED) is 0.495. The summed E-state index contributed by atoms with van der Waals surface area (Å²) in [5, 5.41) is 12.3. The van der Waals surface area contributed by atoms with Gasteiger partial charge in [-0.2, -0.15) is 0 Å². The first-order valence-electron chi connectivity index (χ1n) is 10.2. The van der Waals surface area contributed by atoms with Crippen molar-refractivity contribution >= 4 is 0 Å². The monoisotopic (exact) mass is 426 g/mol. The zero-order valence-electron chi connectivity index (χ0n) is 17.8. The number of quaternary nitrogens is 1. The van der Waals surface area contributed by atoms with Gasteiger partial charge in [0.25, 0.3) is 0 Å². The summed E-state index contributed by atoms with van der Waals surface area (Å²) >= 11 is 0. The third-order valence-electron chi connectivity index (χ3n) is 5.05. The lowest BCUT2D eigenvalue weighted by Gasteiger charge is -2.21. The van der Waals surface area contributed by atoms with Gasteiger partial charge >= 0.3 is 0 Å². The third kappa shape index (κ3) is 6.52. The van der Waals surface area contributed by atoms with Crippen LogP contribution in [0.1, 0.15) is 22.8 Å². The smallest absolute Gasteiger partial charge is 0.132 e. The Morgan fingerprint density at radius 3 is 1.90 bits per heavy atom. The van der Waals surface area contributed by atoms with Crippen LogP contribution in [0.15, 0.2) is 72.8 Å². The van der Waals surface area contributed by atoms with Crippen LogP contribution in [0.2, 0.25) is 0 Å². The van der Waals surface area contributed by atoms with Crippen LogP contribution >= 0.6 is 0 Å². The van der Waals surface area contributed by atoms with Crippen molar-refractivity contribution < 1.29 is 29.0 Å². The number of aliphatic hydroxyl groups is 1. The molecule has 0 heterocycles. The largest absolute Gasteiger partial charge is 0.497 e. The molecule has 0 unspecified atom stereocenters. The number of rotatable bonds is 11. The van der Waals surface area contributed by atoms with Crippen LogP contribution in [0, 0.1) is 5.82 Å². The highest BCUT2D eigenvalue weighted by Crippen LogP contribution is 2.29. The summed E-state index contributed by atoms with van der Waals surface area (Å²) < 4.78 is 30.3. The average molecular weight is 427 g/mol. The molecule has 0 aliphatic rings. The lowest BCUT2D eigenvalue weighted by atomic mass is 10.0. The van der Waals surface area contributed by atoms with Crippen LogP contribution in [0.5, 0.6) is 11.5 Å². The molecule has 3 N–H and O–H groups in total. The zero-order chi connectivity index (χ0) is 22.1. The van der Waals surface area contributed by atoms with E-state index >= 15 is 0 Å². The third-order valence-corrected chi connectivity index (χ3v) is 5.05. The zero-order valence-corrected chi connectivity index (χ0v) is 17.8. The Kier molecular flexibility index (Phi) is 8.41. The van der Waals surface area contributed by atoms with Crippen LogP contribution in [0.3, 0.4) is 0 Å². The van der Waals surface area contributed by atoms with E-state index in [9.17, 15) is 9.50 Å². The van der Waals surface area contributed by atoms with Gasteiger partial charge in [-0.15, -0.1) is 0 Å². The molecule has 3 rings (SSSR count). The Bertz CT molecular complexity index is 884. The highest BCUT2D eigenvalue weighted by atomic mass is 19.1. The van der Waals surface area contributed by atoms with Crippen LogP contribution in [0.4, 0.5) is 4.39 Å². The summed E-state index contributed by atoms with van der Waals surface area (Å²) in [5.41, 5.74) is 2.52. The van der Waals surface area contributed by atoms with Gasteiger partial charge in [-0.1, -0.05) is 42.5 Å². The summed E-state index contributed by atoms with van der Waals surface area (Å²) in [6, 6.07) is 22.0. The molecule has 0 aromatic heterocycles. The van der Waals surface area contributed by atoms with E-state index in [0.717, 1.165) is 22.6 Å². The van der Waals surface area contributed by atoms with Crippen molar-refractivity contribution in [2.45, 2.75) is 18.8 Å². The molecule has 0 bridgehead atoms. The van der Waals surface area contributed by atoms with E-state index in [-0.39, 0.29) is 18.5 Å². The number of halogens is 1. The first-order chi connectivity index (χ1) is 15.1. The molecule has 0 radical (unpaired) electrons. The minimum Gasteiger partial charge on any atom is -0.497 e. The van der Waals surface area contributed by atoms with E-state index in [4.69, 9.17) is 14.2 Å². The van der Waals surface area contributed by atoms with Gasteiger partial charge in [0, 0.05) is 5.56 Å². The molecule has 31 heavy (non-hydrogen) atoms. The van der Waals surface area contributed by atoms with Gasteiger partial charge in [0.05, 0.1) is 20.8 Å². The van der Waals surface area contributed by atoms with Gasteiger partial charge in [0.2, 0.25) is 0 Å². The van der Waals surface area contributed by atoms with Crippen molar-refractivity contribution in [3.8, 4) is 11.5 Å². The lowest BCUT2D eigenvalue weighted by Crippen LogP contribution is -2.85. The number of methoxy groups -OCH3 is 2. The summed E-state index contributed by atoms with van der Waals surface area (Å²) in [6.45, 7) is 1.02. The maximum Gasteiger partial charge on any atom is 0.132 e. The molecule has 3 aromatic rings. The number of nitrogens with two attached hydrogens (primary N) is 1. The maximum absolute atomic E-state index is 13.7. The number of ether oxygens (including phenoxy) is 3. The molecule has 0 fully saturated rings. The van der Waals surface area contributed by atoms with Crippen molar-refractivity contribution in [3.05, 3.63) is 95.3 Å². The molecule has 0 aliphatic heterocycles. The molecule has 5 nitrogen and oxygen atoms in total. The molecule has 0 saturated heterocycles. The first kappa shape index (κ1) is 22.7. The number of hydrogen-bond acceptors (Lipinski definition) is 4. The molecular formula is C25H29FNO4+. The minimum absolute atomic E-state index is 0.149. The van der Waals surface area contributed by atoms with E-state index in [1.807, 2.05) is 53.8 Å². The van der Waals surface area contributed by atoms with Crippen molar-refractivity contribution in [1.29, 1.82) is 0 Å². The normalized spacial score (nSPS) is 12.0. The molecule has 6 heteroatoms. The standard InChI is InChI=1S/C25H28FNO4/c1-29-22-11-7-18(8-12-22)25(19-9-13-23(30-2)14-10-19)31-17-21(28)16-27-15-20-5-3-4-6-24(20)26/h3-14,21,25,27-28H,15-17H2,1-2H3/p+1/t21-/m1/s1. The van der Waals surface area contributed by atoms with Crippen LogP contribution in [-0.4, -0.2) is 38.6 Å². The molecule has 3 aromatic carbocycles. The van der Waals surface area contributed by atoms with E-state index in [1.54, 1.807) is 32.4 Å². The van der Waals surface area contributed by atoms with Crippen molar-refractivity contribution in [2.24, 2.45) is 0 Å². The van der Waals surface area contributed by atoms with Gasteiger partial charge in [-0.25, -0.2) is 4.39 Å². The van der Waals surface area contributed by atoms with E-state index in [2.05, 4.69) is 0 Å². The van der Waals surface area contributed by atoms with Gasteiger partial charge in [-0.05, 0) is 41.5 Å². The summed E-state index contributed by atoms with van der Waals surface area (Å²) in [6.07, 6.45) is -1.04. The summed E-state index contributed by atoms with van der Waals surface area (Å²) in [4.78, 5) is 0. The Morgan fingerprint density at radius 2 is 1.39 bits per heavy atom. The van der Waals surface area contributed by atoms with Crippen molar-refractivity contribution in [3.63, 3.8) is 0 Å². The second kappa shape index (κ2) is 11.5. The number of aliphatic hydroxyl groups excluding tert-OH is 1. The van der Waals surface area contributed by atoms with Gasteiger partial charge < -0.3 is 24.6 Å². The fourth-order valence-electron chi connectivity index (χ4n) is 3.31. The van der Waals surface area contributed by atoms with Gasteiger partial charge in [0.1, 0.15) is 42.6 Å². The molecule has 0 amide bonds. The molecule has 0 aliphatic carbocycles. The molecule has 1 atom stereocenters. The molecule has 0 spiro atoms. The highest BCUT2D eigenvalue weighted by molar-refractivity contribution is 5.36. The second-order valence-electron chi connectivity index (χ2n) is 7.23. The summed E-state index contributed by atoms with van der Waals surface area (Å²) in [7, 11) is 3.25. The fraction of sp³-hybridized carbons (Fsp3) is 0.280. The highest BCUT2D eigenvalue weighted by Gasteiger charge is 2.18. The number of benzene rings is 3. The predicted octanol–water partition coefficient (Wildman–Crippen LogP) is 3.07. The van der Waals surface area contributed by atoms with E-state index in [1.165, 1.54) is 6.07 Å². The molecule has 0 saturated carbocycles. The molecular weight excluding hydrogens is 397 g/mol. The molecule has 164 valence electrons. The second-order valence-corrected chi connectivity index (χ2v) is 7.23. The average Bonchev–Trinajstić information content (AvgIpc) is 2.81. The first-order valence-corrected chi connectivity index (χ1v) is 10.2. The van der Waals surface area contributed by atoms with Crippen molar-refractivity contribution in [1.82, 2.24) is 0 Å². The minimum atomic E-state index is -0.689. The SMILES string of the molecule is COc1ccc(C(OC[C@H](O)C[NH2+]Cc2ccccc2F)c2ccc(OC)cc2)cc1. The Hall–Kier alpha value is -2.93. The van der Waals surface area contributed by atoms with Crippen LogP contribution in [0.25, 0.3) is 0 Å². The fourth-order valence-corrected chi connectivity index (χ4v) is 3.31. The van der Waals surface area contributed by atoms with Gasteiger partial charge in [0.15, 0.2) is 0 Å². The topological polar surface area (TPSA) is 64.5 Å². The predicted molar refractivity (Wildman–Crippen MR) is 117 cm³/mol. The van der Waals surface area contributed by atoms with Gasteiger partial charge in [-0.3, -0.25) is 0 Å². The lowest BCUT2D eigenvalue weighted by molar-refractivity contribution is -0.677. The van der Waals surface area contributed by atoms with Crippen LogP contribution in [-0.2, 0) is 11.3 Å². The Balaban J connectivity index is 1.62. The summed E-state index contributed by atoms with van der Waals surface area (Å²) in [5.74, 6) is 1.29. The maximum atomic E-state index is 13.7.